The van der Waals surface area contributed by atoms with Gasteiger partial charge in [0.25, 0.3) is 0 Å². The molecule has 0 saturated heterocycles. The second kappa shape index (κ2) is 7.45. The monoisotopic (exact) mass is 394 g/mol. The molecular weight excluding hydrogens is 378 g/mol. The molecule has 3 aliphatic rings. The summed E-state index contributed by atoms with van der Waals surface area (Å²) in [4.78, 5) is 0. The fourth-order valence-corrected chi connectivity index (χ4v) is 8.48. The van der Waals surface area contributed by atoms with Gasteiger partial charge in [-0.1, -0.05) is 0 Å². The molecule has 0 heterocycles. The van der Waals surface area contributed by atoms with Crippen LogP contribution in [0.5, 0.6) is 0 Å². The Bertz CT molecular complexity index is 589. The zero-order chi connectivity index (χ0) is 12.7. The van der Waals surface area contributed by atoms with Crippen molar-refractivity contribution in [1.29, 1.82) is 0 Å². The molecule has 0 aliphatic heterocycles. The Morgan fingerprint density at radius 1 is 1.05 bits per heavy atom. The summed E-state index contributed by atoms with van der Waals surface area (Å²) in [5.74, 6) is 0.900. The number of rotatable bonds is 2. The van der Waals surface area contributed by atoms with Gasteiger partial charge in [-0.25, -0.2) is 0 Å². The first-order valence-electron chi connectivity index (χ1n) is 7.31. The molecule has 1 saturated carbocycles. The molecule has 1 aromatic rings. The molecule has 0 radical (unpaired) electrons. The standard InChI is InChI=1S/C9H11.C9H7.2ClH.Zr/c2*1-2-5-9-7-3-6-8(9)4-1;;;/h1-2,4,6,9H,3,5,7H2;1-7H;2*1H;/q;;;;+2/p-2. The Balaban J connectivity index is 0.000000807. The fourth-order valence-electron chi connectivity index (χ4n) is 3.70. The predicted octanol–water partition coefficient (Wildman–Crippen LogP) is -1.07. The summed E-state index contributed by atoms with van der Waals surface area (Å²) < 4.78 is 1.80. The van der Waals surface area contributed by atoms with Crippen LogP contribution in [-0.4, -0.2) is 0 Å². The summed E-state index contributed by atoms with van der Waals surface area (Å²) in [6.45, 7) is 0. The largest absolute Gasteiger partial charge is 1.00 e. The Hall–Kier alpha value is -0.0969. The molecule has 3 aliphatic carbocycles. The summed E-state index contributed by atoms with van der Waals surface area (Å²) in [5, 5.41) is 0. The van der Waals surface area contributed by atoms with Gasteiger partial charge in [0, 0.05) is 0 Å². The van der Waals surface area contributed by atoms with Crippen LogP contribution in [0.2, 0.25) is 3.63 Å². The van der Waals surface area contributed by atoms with Crippen molar-refractivity contribution >= 4 is 6.08 Å². The smallest absolute Gasteiger partial charge is 1.00 e. The maximum absolute atomic E-state index is 2.49. The van der Waals surface area contributed by atoms with Gasteiger partial charge in [0.2, 0.25) is 0 Å². The number of halogens is 2. The van der Waals surface area contributed by atoms with E-state index in [1.807, 2.05) is 5.57 Å². The minimum Gasteiger partial charge on any atom is -1.00 e. The van der Waals surface area contributed by atoms with E-state index in [0.29, 0.717) is 0 Å². The Labute approximate surface area is 151 Å². The van der Waals surface area contributed by atoms with Gasteiger partial charge in [0.05, 0.1) is 0 Å². The third-order valence-corrected chi connectivity index (χ3v) is 9.34. The zero-order valence-electron chi connectivity index (χ0n) is 11.8. The summed E-state index contributed by atoms with van der Waals surface area (Å²) >= 11 is -0.415. The topological polar surface area (TPSA) is 0 Å². The molecule has 3 heteroatoms. The van der Waals surface area contributed by atoms with Crippen LogP contribution in [0.15, 0.2) is 54.1 Å². The van der Waals surface area contributed by atoms with Crippen molar-refractivity contribution in [1.82, 2.24) is 0 Å². The summed E-state index contributed by atoms with van der Waals surface area (Å²) in [7, 11) is 0. The molecule has 0 nitrogen and oxygen atoms in total. The van der Waals surface area contributed by atoms with Crippen molar-refractivity contribution in [3.8, 4) is 0 Å². The number of fused-ring (bicyclic) bond motifs is 2. The van der Waals surface area contributed by atoms with Crippen LogP contribution < -0.4 is 24.8 Å². The summed E-state index contributed by atoms with van der Waals surface area (Å²) in [5.41, 5.74) is 4.90. The van der Waals surface area contributed by atoms with Crippen molar-refractivity contribution in [3.05, 3.63) is 65.3 Å². The van der Waals surface area contributed by atoms with Crippen LogP contribution in [0.4, 0.5) is 0 Å². The molecule has 4 rings (SSSR count). The average Bonchev–Trinajstić information content (AvgIpc) is 3.05. The fraction of sp³-hybridized carbons (Fsp3) is 0.333. The van der Waals surface area contributed by atoms with Gasteiger partial charge in [0.15, 0.2) is 0 Å². The van der Waals surface area contributed by atoms with Crippen molar-refractivity contribution in [3.63, 3.8) is 0 Å². The van der Waals surface area contributed by atoms with E-state index in [4.69, 9.17) is 0 Å². The maximum Gasteiger partial charge on any atom is -1.00 e. The number of benzene rings is 1. The molecule has 21 heavy (non-hydrogen) atoms. The van der Waals surface area contributed by atoms with Crippen molar-refractivity contribution in [2.75, 3.05) is 0 Å². The van der Waals surface area contributed by atoms with Crippen molar-refractivity contribution < 1.29 is 48.0 Å². The van der Waals surface area contributed by atoms with Crippen LogP contribution in [-0.2, 0) is 23.2 Å². The van der Waals surface area contributed by atoms with E-state index in [9.17, 15) is 0 Å². The van der Waals surface area contributed by atoms with Gasteiger partial charge < -0.3 is 24.8 Å². The summed E-state index contributed by atoms with van der Waals surface area (Å²) in [6.07, 6.45) is 16.1. The Morgan fingerprint density at radius 2 is 1.90 bits per heavy atom. The number of hydrogen-bond donors (Lipinski definition) is 0. The van der Waals surface area contributed by atoms with E-state index >= 15 is 0 Å². The van der Waals surface area contributed by atoms with Crippen LogP contribution in [0.1, 0.15) is 34.0 Å². The second-order valence-corrected chi connectivity index (χ2v) is 9.85. The van der Waals surface area contributed by atoms with Gasteiger partial charge in [-0.15, -0.1) is 0 Å². The predicted molar refractivity (Wildman–Crippen MR) is 76.5 cm³/mol. The molecule has 0 amide bonds. The zero-order valence-corrected chi connectivity index (χ0v) is 15.8. The maximum atomic E-state index is 2.49. The number of allylic oxidation sites excluding steroid dienone is 5. The van der Waals surface area contributed by atoms with E-state index in [1.165, 1.54) is 24.8 Å². The van der Waals surface area contributed by atoms with E-state index in [0.717, 1.165) is 13.2 Å². The van der Waals surface area contributed by atoms with E-state index < -0.39 is 23.2 Å². The first-order chi connectivity index (χ1) is 9.42. The molecule has 0 spiro atoms. The molecule has 0 N–H and O–H groups in total. The van der Waals surface area contributed by atoms with Crippen LogP contribution in [0.25, 0.3) is 6.08 Å². The SMILES string of the molecule is C1=CCC2CC[CH]([Zr+2][CH]3C=Cc4ccccc43)C2=C1.[Cl-].[Cl-]. The van der Waals surface area contributed by atoms with E-state index in [1.54, 1.807) is 5.56 Å². The Kier molecular flexibility index (Phi) is 6.12. The molecule has 1 fully saturated rings. The second-order valence-electron chi connectivity index (χ2n) is 5.79. The molecule has 0 aromatic heterocycles. The first-order valence-corrected chi connectivity index (χ1v) is 10.2. The van der Waals surface area contributed by atoms with Gasteiger partial charge >= 0.3 is 127 Å². The quantitative estimate of drug-likeness (QED) is 0.598. The van der Waals surface area contributed by atoms with Gasteiger partial charge in [-0.05, 0) is 0 Å². The molecule has 108 valence electrons. The van der Waals surface area contributed by atoms with Crippen molar-refractivity contribution in [2.24, 2.45) is 5.92 Å². The van der Waals surface area contributed by atoms with E-state index in [2.05, 4.69) is 54.6 Å². The van der Waals surface area contributed by atoms with Crippen molar-refractivity contribution in [2.45, 2.75) is 26.5 Å². The van der Waals surface area contributed by atoms with Gasteiger partial charge in [-0.2, -0.15) is 0 Å². The van der Waals surface area contributed by atoms with Crippen LogP contribution in [0.3, 0.4) is 0 Å². The number of hydrogen-bond acceptors (Lipinski definition) is 0. The van der Waals surface area contributed by atoms with Gasteiger partial charge in [-0.3, -0.25) is 0 Å². The molecule has 3 atom stereocenters. The molecule has 3 unspecified atom stereocenters. The normalized spacial score (nSPS) is 27.8. The van der Waals surface area contributed by atoms with Gasteiger partial charge in [0.1, 0.15) is 0 Å². The molecular formula is C18H18Cl2Zr. The third-order valence-electron chi connectivity index (χ3n) is 4.70. The summed E-state index contributed by atoms with van der Waals surface area (Å²) in [6, 6.07) is 8.99. The molecule has 0 bridgehead atoms. The first kappa shape index (κ1) is 17.3. The average molecular weight is 396 g/mol. The third kappa shape index (κ3) is 3.31. The van der Waals surface area contributed by atoms with Crippen LogP contribution in [0, 0.1) is 5.92 Å². The van der Waals surface area contributed by atoms with E-state index in [-0.39, 0.29) is 24.8 Å². The van der Waals surface area contributed by atoms with Crippen LogP contribution >= 0.6 is 0 Å². The Morgan fingerprint density at radius 3 is 2.81 bits per heavy atom. The minimum absolute atomic E-state index is 0. The molecule has 1 aromatic carbocycles. The minimum atomic E-state index is -0.415.